The number of phenols is 1. The SMILES string of the molecule is CC(=O)N[C@H](Cc1ccc2ccccc2c1)C(=O)N[C@H](Cc1ccc(F)cc1)C(=O)N[C@H](Cc1c[nH]c2ccccc12)C(=O)N[C@H]1CC(=O)NCC(C(N)=O)NC(=O)[C@@H]2CCCN2C(=O)[C@H](CCCNC(=N)N)NC(=O)[C@H](CC(C)C)NC(=O)[C@@H](CCCNC(=N)N)NC(=O)[C@H](Cc2ccc(O)cc2)NC1=O. The highest BCUT2D eigenvalue weighted by molar-refractivity contribution is 6.01. The maximum Gasteiger partial charge on any atom is 0.245 e. The Kier molecular flexibility index (Phi) is 29.0. The number of nitrogens with zero attached hydrogens (tertiary/aromatic N) is 1. The molecule has 570 valence electrons. The van der Waals surface area contributed by atoms with Crippen molar-refractivity contribution in [2.75, 3.05) is 26.2 Å². The Labute approximate surface area is 616 Å². The fourth-order valence-electron chi connectivity index (χ4n) is 12.8. The molecule has 2 fully saturated rings. The van der Waals surface area contributed by atoms with E-state index in [9.17, 15) is 47.9 Å². The average molecular weight is 1480 g/mol. The van der Waals surface area contributed by atoms with E-state index in [2.05, 4.69) is 68.8 Å². The van der Waals surface area contributed by atoms with E-state index in [0.717, 1.165) is 22.9 Å². The van der Waals surface area contributed by atoms with Crippen LogP contribution in [-0.4, -0.2) is 184 Å². The number of para-hydroxylation sites is 1. The van der Waals surface area contributed by atoms with Gasteiger partial charge in [-0.25, -0.2) is 4.39 Å². The van der Waals surface area contributed by atoms with E-state index in [-0.39, 0.29) is 101 Å². The number of aromatic amines is 1. The van der Waals surface area contributed by atoms with Crippen molar-refractivity contribution in [3.05, 3.63) is 150 Å². The maximum atomic E-state index is 15.6. The largest absolute Gasteiger partial charge is 0.508 e. The minimum Gasteiger partial charge on any atom is -0.508 e. The first-order valence-corrected chi connectivity index (χ1v) is 35.3. The molecule has 2 aliphatic rings. The molecule has 2 saturated heterocycles. The molecule has 0 spiro atoms. The summed E-state index contributed by atoms with van der Waals surface area (Å²) in [6, 6.07) is 14.9. The number of amides is 12. The minimum absolute atomic E-state index is 0.00896. The predicted octanol–water partition coefficient (Wildman–Crippen LogP) is -0.612. The highest BCUT2D eigenvalue weighted by Crippen LogP contribution is 2.24. The van der Waals surface area contributed by atoms with Gasteiger partial charge in [-0.1, -0.05) is 98.8 Å². The lowest BCUT2D eigenvalue weighted by Gasteiger charge is -2.31. The molecule has 33 heteroatoms. The van der Waals surface area contributed by atoms with Gasteiger partial charge >= 0.3 is 0 Å². The number of phenolic OH excluding ortho intramolecular Hbond substituents is 1. The molecule has 10 atom stereocenters. The summed E-state index contributed by atoms with van der Waals surface area (Å²) in [5, 5.41) is 59.9. The zero-order chi connectivity index (χ0) is 77.4. The minimum atomic E-state index is -2.04. The number of aromatic hydroxyl groups is 1. The first-order chi connectivity index (χ1) is 51.1. The standard InChI is InChI=1S/C74H94FN19O13/c1-40(2)31-54-65(100)87-53(16-9-29-82-74(79)80)72(107)94-30-10-17-61(94)71(106)93-60(63(76)98)39-84-62(97)37-59(70(105)90-56(34-43-21-26-49(96)27-22-43)67(102)86-52(64(99)88-54)15-8-28-81-73(77)78)92-69(104)58(36-47-38-83-51-14-7-6-13-50(47)51)91-68(103)57(33-42-19-24-48(75)25-20-42)89-66(101)55(85-41(3)95)35-44-18-23-45-11-4-5-12-46(45)32-44/h4-7,11-14,18-27,32,38,40,52-61,83,96H,8-10,15-17,28-31,33-37,39H2,1-3H3,(H2,76,98)(H,84,97)(H,85,95)(H,86,102)(H,87,100)(H,88,99)(H,89,101)(H,90,105)(H,91,103)(H,92,104)(H,93,106)(H4,77,78,81)(H4,79,80,82)/t52-,53+,54+,55-,56+,57-,58-,59+,60?,61+/m1/s1. The number of carbonyl (C=O) groups is 12. The number of H-pyrrole nitrogens is 1. The zero-order valence-electron chi connectivity index (χ0n) is 59.6. The van der Waals surface area contributed by atoms with Crippen LogP contribution in [0.4, 0.5) is 4.39 Å². The number of rotatable bonds is 26. The summed E-state index contributed by atoms with van der Waals surface area (Å²) in [5.74, 6) is -13.2. The topological polar surface area (TPSA) is 514 Å². The molecule has 32 nitrogen and oxygen atoms in total. The quantitative estimate of drug-likeness (QED) is 0.0183. The molecule has 107 heavy (non-hydrogen) atoms. The number of nitrogens with one attached hydrogen (secondary N) is 15. The van der Waals surface area contributed by atoms with E-state index >= 15 is 19.2 Å². The summed E-state index contributed by atoms with van der Waals surface area (Å²) in [6.45, 7) is 4.13. The second kappa shape index (κ2) is 38.5. The van der Waals surface area contributed by atoms with Gasteiger partial charge in [-0.3, -0.25) is 68.4 Å². The Morgan fingerprint density at radius 2 is 1.18 bits per heavy atom. The molecule has 6 aromatic rings. The first kappa shape index (κ1) is 80.5. The zero-order valence-corrected chi connectivity index (χ0v) is 59.6. The van der Waals surface area contributed by atoms with E-state index < -0.39 is 162 Å². The van der Waals surface area contributed by atoms with Gasteiger partial charge in [-0.15, -0.1) is 0 Å². The van der Waals surface area contributed by atoms with Crippen LogP contribution in [0.15, 0.2) is 121 Å². The average Bonchev–Trinajstić information content (AvgIpc) is 1.76. The molecule has 0 saturated carbocycles. The monoisotopic (exact) mass is 1480 g/mol. The predicted molar refractivity (Wildman–Crippen MR) is 394 cm³/mol. The van der Waals surface area contributed by atoms with E-state index in [1.807, 2.05) is 36.4 Å². The van der Waals surface area contributed by atoms with Gasteiger partial charge in [0.15, 0.2) is 11.9 Å². The summed E-state index contributed by atoms with van der Waals surface area (Å²) in [4.78, 5) is 180. The fourth-order valence-corrected chi connectivity index (χ4v) is 12.8. The maximum absolute atomic E-state index is 15.6. The lowest BCUT2D eigenvalue weighted by molar-refractivity contribution is -0.142. The molecule has 1 unspecified atom stereocenters. The van der Waals surface area contributed by atoms with Crippen molar-refractivity contribution in [3.63, 3.8) is 0 Å². The number of benzene rings is 5. The fraction of sp³-hybridized carbons (Fsp3) is 0.405. The number of primary amides is 1. The molecule has 3 heterocycles. The molecule has 8 rings (SSSR count). The van der Waals surface area contributed by atoms with Crippen molar-refractivity contribution < 1.29 is 67.0 Å². The summed E-state index contributed by atoms with van der Waals surface area (Å²) in [6.07, 6.45) is -0.244. The van der Waals surface area contributed by atoms with Gasteiger partial charge < -0.3 is 96.0 Å². The van der Waals surface area contributed by atoms with Crippen LogP contribution in [0.2, 0.25) is 0 Å². The third-order valence-corrected chi connectivity index (χ3v) is 18.3. The molecule has 22 N–H and O–H groups in total. The van der Waals surface area contributed by atoms with Crippen molar-refractivity contribution in [1.29, 1.82) is 10.8 Å². The number of hydrogen-bond acceptors (Lipinski definition) is 15. The van der Waals surface area contributed by atoms with Crippen LogP contribution in [0, 0.1) is 22.6 Å². The first-order valence-electron chi connectivity index (χ1n) is 35.3. The molecule has 0 aliphatic carbocycles. The van der Waals surface area contributed by atoms with Crippen LogP contribution in [0.25, 0.3) is 21.7 Å². The van der Waals surface area contributed by atoms with Crippen LogP contribution >= 0.6 is 0 Å². The molecular weight excluding hydrogens is 1380 g/mol. The van der Waals surface area contributed by atoms with Crippen LogP contribution in [-0.2, 0) is 83.2 Å². The van der Waals surface area contributed by atoms with Crippen LogP contribution in [0.5, 0.6) is 5.75 Å². The third-order valence-electron chi connectivity index (χ3n) is 18.3. The molecule has 1 aromatic heterocycles. The molecule has 5 aromatic carbocycles. The van der Waals surface area contributed by atoms with Gasteiger partial charge in [0.05, 0.1) is 6.42 Å². The number of guanidine groups is 2. The number of hydrogen-bond donors (Lipinski definition) is 19. The van der Waals surface area contributed by atoms with Crippen LogP contribution < -0.4 is 81.0 Å². The van der Waals surface area contributed by atoms with Gasteiger partial charge in [0, 0.05) is 75.9 Å². The van der Waals surface area contributed by atoms with Gasteiger partial charge in [0.2, 0.25) is 70.9 Å². The lowest BCUT2D eigenvalue weighted by atomic mass is 9.99. The van der Waals surface area contributed by atoms with Crippen molar-refractivity contribution in [1.82, 2.24) is 73.7 Å². The smallest absolute Gasteiger partial charge is 0.245 e. The summed E-state index contributed by atoms with van der Waals surface area (Å²) in [7, 11) is 0. The van der Waals surface area contributed by atoms with Crippen molar-refractivity contribution in [2.24, 2.45) is 23.1 Å². The summed E-state index contributed by atoms with van der Waals surface area (Å²) < 4.78 is 14.5. The second-order valence-electron chi connectivity index (χ2n) is 27.1. The van der Waals surface area contributed by atoms with Crippen molar-refractivity contribution in [2.45, 2.75) is 158 Å². The summed E-state index contributed by atoms with van der Waals surface area (Å²) >= 11 is 0. The third kappa shape index (κ3) is 24.2. The normalized spacial score (nSPS) is 20.1. The Morgan fingerprint density at radius 3 is 1.83 bits per heavy atom. The van der Waals surface area contributed by atoms with Crippen LogP contribution in [0.1, 0.15) is 94.4 Å². The van der Waals surface area contributed by atoms with Crippen molar-refractivity contribution >= 4 is 104 Å². The molecule has 0 bridgehead atoms. The van der Waals surface area contributed by atoms with Gasteiger partial charge in [0.1, 0.15) is 72.0 Å². The highest BCUT2D eigenvalue weighted by Gasteiger charge is 2.41. The highest BCUT2D eigenvalue weighted by atomic mass is 19.1. The van der Waals surface area contributed by atoms with E-state index in [4.69, 9.17) is 28.0 Å². The van der Waals surface area contributed by atoms with E-state index in [1.165, 1.54) is 48.2 Å². The molecule has 2 aliphatic heterocycles. The van der Waals surface area contributed by atoms with E-state index in [1.54, 1.807) is 50.4 Å². The van der Waals surface area contributed by atoms with Gasteiger partial charge in [0.25, 0.3) is 0 Å². The molecular formula is C74H94FN19O13. The summed E-state index contributed by atoms with van der Waals surface area (Å²) in [5.41, 5.74) is 19.4. The molecule has 12 amide bonds. The van der Waals surface area contributed by atoms with Gasteiger partial charge in [-0.05, 0) is 114 Å². The second-order valence-corrected chi connectivity index (χ2v) is 27.1. The number of nitrogens with two attached hydrogens (primary N) is 3. The number of fused-ring (bicyclic) bond motifs is 3. The number of aromatic nitrogens is 1. The Balaban J connectivity index is 1.18. The number of halogens is 1. The Bertz CT molecular complexity index is 4230. The number of carbonyl (C=O) groups excluding carboxylic acids is 12. The Hall–Kier alpha value is -12.2. The Morgan fingerprint density at radius 1 is 0.617 bits per heavy atom. The van der Waals surface area contributed by atoms with Crippen molar-refractivity contribution in [3.8, 4) is 5.75 Å². The van der Waals surface area contributed by atoms with Gasteiger partial charge in [-0.2, -0.15) is 0 Å². The molecule has 0 radical (unpaired) electrons. The lowest BCUT2D eigenvalue weighted by Crippen LogP contribution is -2.61. The van der Waals surface area contributed by atoms with Crippen LogP contribution in [0.3, 0.4) is 0 Å². The van der Waals surface area contributed by atoms with E-state index in [0.29, 0.717) is 33.2 Å².